The van der Waals surface area contributed by atoms with Crippen molar-refractivity contribution in [2.45, 2.75) is 36.3 Å². The van der Waals surface area contributed by atoms with Crippen molar-refractivity contribution in [3.05, 3.63) is 34.4 Å². The Balaban J connectivity index is 1.83. The van der Waals surface area contributed by atoms with Gasteiger partial charge in [-0.15, -0.1) is 11.8 Å². The molecule has 0 aliphatic carbocycles. The van der Waals surface area contributed by atoms with Gasteiger partial charge in [0.1, 0.15) is 0 Å². The van der Waals surface area contributed by atoms with Gasteiger partial charge < -0.3 is 10.2 Å². The van der Waals surface area contributed by atoms with E-state index in [1.807, 2.05) is 18.9 Å². The van der Waals surface area contributed by atoms with E-state index in [4.69, 9.17) is 0 Å². The molecule has 1 N–H and O–H groups in total. The van der Waals surface area contributed by atoms with Gasteiger partial charge in [0, 0.05) is 30.1 Å². The molecule has 7 heteroatoms. The van der Waals surface area contributed by atoms with Crippen LogP contribution < -0.4 is 5.32 Å². The second kappa shape index (κ2) is 9.03. The van der Waals surface area contributed by atoms with Crippen LogP contribution in [0.2, 0.25) is 0 Å². The van der Waals surface area contributed by atoms with E-state index in [9.17, 15) is 14.9 Å². The number of carbonyl (C=O) groups is 1. The van der Waals surface area contributed by atoms with Crippen LogP contribution in [0.3, 0.4) is 0 Å². The lowest BCUT2D eigenvalue weighted by Crippen LogP contribution is -2.42. The summed E-state index contributed by atoms with van der Waals surface area (Å²) in [7, 11) is 1.97. The SMILES string of the molecule is CNCCC1CCN(C(=O)C(C)Sc2ccc([N+](=O)[O-])cc2)CC1. The maximum absolute atomic E-state index is 12.6. The monoisotopic (exact) mass is 351 g/mol. The minimum atomic E-state index is -0.415. The van der Waals surface area contributed by atoms with Crippen molar-refractivity contribution in [2.24, 2.45) is 5.92 Å². The maximum Gasteiger partial charge on any atom is 0.269 e. The topological polar surface area (TPSA) is 75.5 Å². The lowest BCUT2D eigenvalue weighted by Gasteiger charge is -2.33. The van der Waals surface area contributed by atoms with Crippen LogP contribution in [0.5, 0.6) is 0 Å². The smallest absolute Gasteiger partial charge is 0.269 e. The van der Waals surface area contributed by atoms with Crippen LogP contribution >= 0.6 is 11.8 Å². The van der Waals surface area contributed by atoms with E-state index in [0.29, 0.717) is 5.92 Å². The lowest BCUT2D eigenvalue weighted by molar-refractivity contribution is -0.384. The van der Waals surface area contributed by atoms with Crippen LogP contribution in [-0.2, 0) is 4.79 Å². The summed E-state index contributed by atoms with van der Waals surface area (Å²) >= 11 is 1.46. The third-order valence-corrected chi connectivity index (χ3v) is 5.54. The normalized spacial score (nSPS) is 16.8. The fourth-order valence-corrected chi connectivity index (χ4v) is 3.90. The molecule has 132 valence electrons. The third kappa shape index (κ3) is 5.21. The number of amides is 1. The number of non-ortho nitro benzene ring substituents is 1. The molecule has 2 rings (SSSR count). The van der Waals surface area contributed by atoms with E-state index in [2.05, 4.69) is 5.32 Å². The zero-order chi connectivity index (χ0) is 17.5. The number of nitrogens with one attached hydrogen (secondary N) is 1. The molecule has 24 heavy (non-hydrogen) atoms. The number of rotatable bonds is 7. The Bertz CT molecular complexity index is 557. The van der Waals surface area contributed by atoms with Crippen LogP contribution in [0.15, 0.2) is 29.2 Å². The molecule has 1 amide bonds. The molecule has 1 aliphatic heterocycles. The van der Waals surface area contributed by atoms with E-state index >= 15 is 0 Å². The molecule has 1 heterocycles. The molecule has 1 aromatic carbocycles. The second-order valence-corrected chi connectivity index (χ2v) is 7.59. The largest absolute Gasteiger partial charge is 0.342 e. The van der Waals surface area contributed by atoms with Gasteiger partial charge in [-0.1, -0.05) is 0 Å². The summed E-state index contributed by atoms with van der Waals surface area (Å²) in [6, 6.07) is 6.37. The van der Waals surface area contributed by atoms with Crippen LogP contribution in [0, 0.1) is 16.0 Å². The highest BCUT2D eigenvalue weighted by molar-refractivity contribution is 8.00. The first-order valence-corrected chi connectivity index (χ1v) is 9.23. The molecule has 1 aromatic rings. The standard InChI is InChI=1S/C17H25N3O3S/c1-13(24-16-5-3-15(4-6-16)20(22)23)17(21)19-11-8-14(9-12-19)7-10-18-2/h3-6,13-14,18H,7-12H2,1-2H3. The van der Waals surface area contributed by atoms with E-state index in [-0.39, 0.29) is 16.8 Å². The minimum absolute atomic E-state index is 0.0713. The first kappa shape index (κ1) is 18.7. The number of thioether (sulfide) groups is 1. The number of nitro benzene ring substituents is 1. The summed E-state index contributed by atoms with van der Waals surface area (Å²) in [5.74, 6) is 0.865. The zero-order valence-corrected chi connectivity index (χ0v) is 15.1. The minimum Gasteiger partial charge on any atom is -0.342 e. The van der Waals surface area contributed by atoms with Crippen LogP contribution in [-0.4, -0.2) is 47.7 Å². The molecule has 1 fully saturated rings. The number of hydrogen-bond donors (Lipinski definition) is 1. The highest BCUT2D eigenvalue weighted by Gasteiger charge is 2.26. The van der Waals surface area contributed by atoms with Gasteiger partial charge in [-0.25, -0.2) is 0 Å². The van der Waals surface area contributed by atoms with Crippen molar-refractivity contribution in [3.63, 3.8) is 0 Å². The highest BCUT2D eigenvalue weighted by Crippen LogP contribution is 2.28. The Morgan fingerprint density at radius 1 is 1.38 bits per heavy atom. The summed E-state index contributed by atoms with van der Waals surface area (Å²) in [5, 5.41) is 13.7. The van der Waals surface area contributed by atoms with Crippen LogP contribution in [0.4, 0.5) is 5.69 Å². The van der Waals surface area contributed by atoms with E-state index in [1.54, 1.807) is 12.1 Å². The number of nitrogens with zero attached hydrogens (tertiary/aromatic N) is 2. The number of piperidine rings is 1. The number of carbonyl (C=O) groups excluding carboxylic acids is 1. The zero-order valence-electron chi connectivity index (χ0n) is 14.2. The maximum atomic E-state index is 12.6. The molecule has 0 aromatic heterocycles. The average Bonchev–Trinajstić information content (AvgIpc) is 2.60. The average molecular weight is 351 g/mol. The van der Waals surface area contributed by atoms with Crippen LogP contribution in [0.1, 0.15) is 26.2 Å². The van der Waals surface area contributed by atoms with Crippen molar-refractivity contribution in [2.75, 3.05) is 26.7 Å². The van der Waals surface area contributed by atoms with Gasteiger partial charge in [0.05, 0.1) is 10.2 Å². The molecule has 1 unspecified atom stereocenters. The molecule has 0 saturated carbocycles. The Morgan fingerprint density at radius 2 is 2.00 bits per heavy atom. The number of benzene rings is 1. The molecule has 1 aliphatic rings. The molecule has 0 radical (unpaired) electrons. The summed E-state index contributed by atoms with van der Waals surface area (Å²) in [4.78, 5) is 25.7. The predicted octanol–water partition coefficient (Wildman–Crippen LogP) is 2.92. The summed E-state index contributed by atoms with van der Waals surface area (Å²) in [6.45, 7) is 4.60. The second-order valence-electron chi connectivity index (χ2n) is 6.17. The Labute approximate surface area is 147 Å². The summed E-state index contributed by atoms with van der Waals surface area (Å²) in [5.41, 5.74) is 0.0713. The summed E-state index contributed by atoms with van der Waals surface area (Å²) < 4.78 is 0. The molecule has 1 saturated heterocycles. The van der Waals surface area contributed by atoms with Gasteiger partial charge in [0.25, 0.3) is 5.69 Å². The van der Waals surface area contributed by atoms with E-state index in [1.165, 1.54) is 30.3 Å². The van der Waals surface area contributed by atoms with Crippen LogP contribution in [0.25, 0.3) is 0 Å². The van der Waals surface area contributed by atoms with Crippen molar-refractivity contribution in [3.8, 4) is 0 Å². The Hall–Kier alpha value is -1.60. The van der Waals surface area contributed by atoms with Crippen molar-refractivity contribution >= 4 is 23.4 Å². The van der Waals surface area contributed by atoms with Gasteiger partial charge >= 0.3 is 0 Å². The van der Waals surface area contributed by atoms with E-state index in [0.717, 1.165) is 37.4 Å². The molecular formula is C17H25N3O3S. The van der Waals surface area contributed by atoms with Gasteiger partial charge in [-0.05, 0) is 57.8 Å². The Morgan fingerprint density at radius 3 is 2.54 bits per heavy atom. The van der Waals surface area contributed by atoms with Gasteiger partial charge in [-0.3, -0.25) is 14.9 Å². The molecular weight excluding hydrogens is 326 g/mol. The predicted molar refractivity (Wildman–Crippen MR) is 96.3 cm³/mol. The quantitative estimate of drug-likeness (QED) is 0.464. The number of hydrogen-bond acceptors (Lipinski definition) is 5. The number of nitro groups is 1. The first-order valence-electron chi connectivity index (χ1n) is 8.35. The summed E-state index contributed by atoms with van der Waals surface area (Å²) in [6.07, 6.45) is 3.32. The number of likely N-dealkylation sites (tertiary alicyclic amines) is 1. The fourth-order valence-electron chi connectivity index (χ4n) is 2.95. The van der Waals surface area contributed by atoms with Crippen molar-refractivity contribution < 1.29 is 9.72 Å². The molecule has 1 atom stereocenters. The van der Waals surface area contributed by atoms with Gasteiger partial charge in [0.2, 0.25) is 5.91 Å². The van der Waals surface area contributed by atoms with Gasteiger partial charge in [-0.2, -0.15) is 0 Å². The third-order valence-electron chi connectivity index (χ3n) is 4.44. The van der Waals surface area contributed by atoms with Gasteiger partial charge in [0.15, 0.2) is 0 Å². The lowest BCUT2D eigenvalue weighted by atomic mass is 9.93. The molecule has 0 bridgehead atoms. The first-order chi connectivity index (χ1) is 11.5. The van der Waals surface area contributed by atoms with E-state index < -0.39 is 4.92 Å². The van der Waals surface area contributed by atoms with Crippen molar-refractivity contribution in [1.29, 1.82) is 0 Å². The van der Waals surface area contributed by atoms with Crippen molar-refractivity contribution in [1.82, 2.24) is 10.2 Å². The molecule has 6 nitrogen and oxygen atoms in total. The fraction of sp³-hybridized carbons (Fsp3) is 0.588. The molecule has 0 spiro atoms. The Kier molecular flexibility index (Phi) is 7.05. The highest BCUT2D eigenvalue weighted by atomic mass is 32.2.